The summed E-state index contributed by atoms with van der Waals surface area (Å²) in [6.07, 6.45) is 78.4. The van der Waals surface area contributed by atoms with Crippen molar-refractivity contribution in [2.75, 3.05) is 13.2 Å². The first-order valence-corrected chi connectivity index (χ1v) is 32.6. The van der Waals surface area contributed by atoms with Crippen LogP contribution in [0.25, 0.3) is 0 Å². The van der Waals surface area contributed by atoms with E-state index >= 15 is 0 Å². The molecule has 0 spiro atoms. The Kier molecular flexibility index (Phi) is 54.3. The molecule has 0 aromatic rings. The zero-order chi connectivity index (χ0) is 57.2. The molecule has 6 N–H and O–H groups in total. The van der Waals surface area contributed by atoms with Gasteiger partial charge in [-0.2, -0.15) is 0 Å². The molecule has 1 aliphatic rings. The molecular formula is C70H121NO8. The molecule has 0 radical (unpaired) electrons. The van der Waals surface area contributed by atoms with Gasteiger partial charge in [0.25, 0.3) is 0 Å². The number of aliphatic hydroxyl groups excluding tert-OH is 5. The van der Waals surface area contributed by atoms with Gasteiger partial charge in [0.05, 0.1) is 25.4 Å². The Hall–Kier alpha value is -3.15. The molecule has 1 amide bonds. The monoisotopic (exact) mass is 1100 g/mol. The van der Waals surface area contributed by atoms with E-state index in [0.29, 0.717) is 12.8 Å². The van der Waals surface area contributed by atoms with Crippen molar-refractivity contribution in [2.24, 2.45) is 0 Å². The molecule has 0 aromatic heterocycles. The molecule has 1 aliphatic heterocycles. The van der Waals surface area contributed by atoms with Crippen LogP contribution in [0.4, 0.5) is 0 Å². The summed E-state index contributed by atoms with van der Waals surface area (Å²) in [7, 11) is 0. The number of allylic oxidation sites excluding steroid dienone is 18. The number of ether oxygens (including phenoxy) is 2. The SMILES string of the molecule is CC/C=C\C/C=C\C/C=C\C/C=C\C/C=C\C/C=C\C/C=C\C/C=C\C/C=C\CCCCCCCCCCCCCC(=O)NC(COC1OC(CO)C(O)C(O)C1O)C(O)CCCCCCCCCCCCCCCCCCC. The second-order valence-corrected chi connectivity index (χ2v) is 22.2. The van der Waals surface area contributed by atoms with Crippen LogP contribution in [-0.2, 0) is 14.3 Å². The van der Waals surface area contributed by atoms with Gasteiger partial charge in [-0.3, -0.25) is 4.79 Å². The predicted molar refractivity (Wildman–Crippen MR) is 336 cm³/mol. The molecule has 0 bridgehead atoms. The van der Waals surface area contributed by atoms with Crippen LogP contribution in [0, 0.1) is 0 Å². The third kappa shape index (κ3) is 47.1. The smallest absolute Gasteiger partial charge is 0.220 e. The summed E-state index contributed by atoms with van der Waals surface area (Å²) in [5.41, 5.74) is 0. The van der Waals surface area contributed by atoms with Gasteiger partial charge in [-0.25, -0.2) is 0 Å². The fraction of sp³-hybridized carbons (Fsp3) is 0.729. The number of hydrogen-bond donors (Lipinski definition) is 6. The maximum Gasteiger partial charge on any atom is 0.220 e. The van der Waals surface area contributed by atoms with E-state index in [-0.39, 0.29) is 12.5 Å². The van der Waals surface area contributed by atoms with E-state index in [9.17, 15) is 30.3 Å². The highest BCUT2D eigenvalue weighted by Crippen LogP contribution is 2.23. The van der Waals surface area contributed by atoms with Crippen LogP contribution in [0.2, 0.25) is 0 Å². The van der Waals surface area contributed by atoms with Crippen LogP contribution in [-0.4, -0.2) is 87.5 Å². The summed E-state index contributed by atoms with van der Waals surface area (Å²) in [6, 6.07) is -0.727. The maximum absolute atomic E-state index is 13.1. The first-order valence-electron chi connectivity index (χ1n) is 32.6. The lowest BCUT2D eigenvalue weighted by Gasteiger charge is -2.40. The van der Waals surface area contributed by atoms with Crippen molar-refractivity contribution in [1.82, 2.24) is 5.32 Å². The van der Waals surface area contributed by atoms with Crippen molar-refractivity contribution < 1.29 is 39.8 Å². The van der Waals surface area contributed by atoms with Gasteiger partial charge in [0, 0.05) is 6.42 Å². The molecule has 9 heteroatoms. The Morgan fingerprint density at radius 3 is 1.16 bits per heavy atom. The van der Waals surface area contributed by atoms with Gasteiger partial charge >= 0.3 is 0 Å². The molecule has 1 rings (SSSR count). The van der Waals surface area contributed by atoms with E-state index in [4.69, 9.17) is 9.47 Å². The minimum atomic E-state index is -1.56. The van der Waals surface area contributed by atoms with Crippen molar-refractivity contribution in [3.8, 4) is 0 Å². The molecule has 9 nitrogen and oxygen atoms in total. The molecule has 1 saturated heterocycles. The van der Waals surface area contributed by atoms with Crippen molar-refractivity contribution in [2.45, 2.75) is 314 Å². The highest BCUT2D eigenvalue weighted by molar-refractivity contribution is 5.76. The van der Waals surface area contributed by atoms with Gasteiger partial charge in [0.15, 0.2) is 6.29 Å². The minimum Gasteiger partial charge on any atom is -0.394 e. The van der Waals surface area contributed by atoms with Crippen LogP contribution in [0.5, 0.6) is 0 Å². The Morgan fingerprint density at radius 1 is 0.443 bits per heavy atom. The van der Waals surface area contributed by atoms with E-state index in [1.165, 1.54) is 141 Å². The van der Waals surface area contributed by atoms with E-state index in [0.717, 1.165) is 103 Å². The lowest BCUT2D eigenvalue weighted by Crippen LogP contribution is -2.60. The number of hydrogen-bond acceptors (Lipinski definition) is 8. The van der Waals surface area contributed by atoms with Crippen LogP contribution in [0.15, 0.2) is 109 Å². The predicted octanol–water partition coefficient (Wildman–Crippen LogP) is 17.3. The van der Waals surface area contributed by atoms with E-state index in [1.807, 2.05) is 0 Å². The number of rotatable bonds is 55. The summed E-state index contributed by atoms with van der Waals surface area (Å²) < 4.78 is 11.3. The molecule has 7 atom stereocenters. The van der Waals surface area contributed by atoms with Gasteiger partial charge in [0.1, 0.15) is 24.4 Å². The van der Waals surface area contributed by atoms with E-state index in [1.54, 1.807) is 0 Å². The molecule has 1 fully saturated rings. The number of amides is 1. The Labute approximate surface area is 485 Å². The number of aliphatic hydroxyl groups is 5. The van der Waals surface area contributed by atoms with Crippen LogP contribution in [0.1, 0.15) is 271 Å². The molecule has 0 saturated carbocycles. The highest BCUT2D eigenvalue weighted by atomic mass is 16.7. The third-order valence-electron chi connectivity index (χ3n) is 14.9. The van der Waals surface area contributed by atoms with Crippen LogP contribution < -0.4 is 5.32 Å². The van der Waals surface area contributed by atoms with E-state index < -0.39 is 49.5 Å². The quantitative estimate of drug-likeness (QED) is 0.0261. The molecule has 0 aliphatic carbocycles. The third-order valence-corrected chi connectivity index (χ3v) is 14.9. The Bertz CT molecular complexity index is 1610. The number of carbonyl (C=O) groups excluding carboxylic acids is 1. The number of carbonyl (C=O) groups is 1. The van der Waals surface area contributed by atoms with Gasteiger partial charge in [-0.15, -0.1) is 0 Å². The van der Waals surface area contributed by atoms with Crippen molar-refractivity contribution in [3.63, 3.8) is 0 Å². The van der Waals surface area contributed by atoms with Crippen molar-refractivity contribution in [1.29, 1.82) is 0 Å². The first-order chi connectivity index (χ1) is 38.8. The van der Waals surface area contributed by atoms with Gasteiger partial charge in [0.2, 0.25) is 5.91 Å². The second kappa shape index (κ2) is 58.1. The molecule has 79 heavy (non-hydrogen) atoms. The molecule has 7 unspecified atom stereocenters. The van der Waals surface area contributed by atoms with Crippen LogP contribution in [0.3, 0.4) is 0 Å². The van der Waals surface area contributed by atoms with Gasteiger partial charge in [-0.1, -0.05) is 290 Å². The topological polar surface area (TPSA) is 149 Å². The molecule has 0 aromatic carbocycles. The summed E-state index contributed by atoms with van der Waals surface area (Å²) in [6.45, 7) is 3.73. The maximum atomic E-state index is 13.1. The summed E-state index contributed by atoms with van der Waals surface area (Å²) in [5.74, 6) is -0.150. The lowest BCUT2D eigenvalue weighted by molar-refractivity contribution is -0.302. The van der Waals surface area contributed by atoms with Crippen LogP contribution >= 0.6 is 0 Å². The standard InChI is InChI=1S/C70H121NO8/c1-3-5-7-9-11-13-15-17-19-21-22-23-24-25-26-27-28-29-30-31-32-33-34-35-36-37-38-39-40-41-42-44-46-48-50-52-54-56-58-60-66(74)71-63(62-78-70-69(77)68(76)67(75)65(61-72)79-70)64(73)59-57-55-53-51-49-47-45-43-20-18-16-14-12-10-8-6-4-2/h5,7,11,13,17,19,22-23,25-26,28-29,31-32,34-35,37-38,63-65,67-70,72-73,75-77H,3-4,6,8-10,12,14-16,18,20-21,24,27,30,33,36,39-62H2,1-2H3,(H,71,74)/b7-5-,13-11-,19-17-,23-22-,26-25-,29-28-,32-31-,35-34-,38-37-. The lowest BCUT2D eigenvalue weighted by atomic mass is 9.99. The summed E-state index contributed by atoms with van der Waals surface area (Å²) in [5, 5.41) is 54.8. The second-order valence-electron chi connectivity index (χ2n) is 22.2. The Balaban J connectivity index is 2.13. The zero-order valence-corrected chi connectivity index (χ0v) is 50.6. The molecule has 1 heterocycles. The Morgan fingerprint density at radius 2 is 0.785 bits per heavy atom. The first kappa shape index (κ1) is 73.9. The van der Waals surface area contributed by atoms with Crippen molar-refractivity contribution in [3.05, 3.63) is 109 Å². The largest absolute Gasteiger partial charge is 0.394 e. The highest BCUT2D eigenvalue weighted by Gasteiger charge is 2.44. The number of unbranched alkanes of at least 4 members (excludes halogenated alkanes) is 27. The summed E-state index contributed by atoms with van der Waals surface area (Å²) in [4.78, 5) is 13.1. The molecule has 454 valence electrons. The van der Waals surface area contributed by atoms with Crippen molar-refractivity contribution >= 4 is 5.91 Å². The average molecular weight is 1100 g/mol. The normalized spacial score (nSPS) is 19.3. The van der Waals surface area contributed by atoms with Gasteiger partial charge in [-0.05, 0) is 83.5 Å². The average Bonchev–Trinajstić information content (AvgIpc) is 3.48. The fourth-order valence-electron chi connectivity index (χ4n) is 9.80. The fourth-order valence-corrected chi connectivity index (χ4v) is 9.80. The van der Waals surface area contributed by atoms with Gasteiger partial charge < -0.3 is 40.3 Å². The molecular weight excluding hydrogens is 983 g/mol. The zero-order valence-electron chi connectivity index (χ0n) is 50.6. The van der Waals surface area contributed by atoms with E-state index in [2.05, 4.69) is 129 Å². The number of nitrogens with one attached hydrogen (secondary N) is 1. The summed E-state index contributed by atoms with van der Waals surface area (Å²) >= 11 is 0. The minimum absolute atomic E-state index is 0.143.